The molecule has 1 aromatic heterocycles. The van der Waals surface area contributed by atoms with E-state index in [-0.39, 0.29) is 0 Å². The van der Waals surface area contributed by atoms with Crippen molar-refractivity contribution in [2.45, 2.75) is 18.1 Å². The van der Waals surface area contributed by atoms with Crippen LogP contribution in [0.15, 0.2) is 140 Å². The van der Waals surface area contributed by atoms with Crippen molar-refractivity contribution in [2.24, 2.45) is 0 Å². The van der Waals surface area contributed by atoms with E-state index in [9.17, 15) is 15.0 Å². The van der Waals surface area contributed by atoms with Crippen LogP contribution in [0.4, 0.5) is 0 Å². The van der Waals surface area contributed by atoms with Gasteiger partial charge in [-0.15, -0.1) is 5.10 Å². The molecule has 0 fully saturated rings. The van der Waals surface area contributed by atoms with E-state index in [4.69, 9.17) is 0 Å². The van der Waals surface area contributed by atoms with Crippen LogP contribution in [0, 0.1) is 0 Å². The molecule has 0 aliphatic rings. The number of carboxylic acids is 1. The second-order valence-electron chi connectivity index (χ2n) is 10.4. The fourth-order valence-corrected chi connectivity index (χ4v) is 5.69. The minimum absolute atomic E-state index is 0.311. The third-order valence-electron chi connectivity index (χ3n) is 7.83. The predicted octanol–water partition coefficient (Wildman–Crippen LogP) is 5.38. The number of nitrogens with zero attached hydrogens (tertiary/aromatic N) is 4. The third kappa shape index (κ3) is 5.40. The molecule has 218 valence electrons. The molecule has 3 N–H and O–H groups in total. The highest BCUT2D eigenvalue weighted by Gasteiger charge is 2.42. The van der Waals surface area contributed by atoms with Crippen LogP contribution >= 0.6 is 0 Å². The van der Waals surface area contributed by atoms with Gasteiger partial charge >= 0.3 is 5.97 Å². The molecular weight excluding hydrogens is 550 g/mol. The first-order chi connectivity index (χ1) is 21.6. The molecule has 0 aliphatic carbocycles. The molecule has 44 heavy (non-hydrogen) atoms. The molecule has 8 nitrogen and oxygen atoms in total. The van der Waals surface area contributed by atoms with Crippen LogP contribution in [0.2, 0.25) is 0 Å². The maximum Gasteiger partial charge on any atom is 0.323 e. The van der Waals surface area contributed by atoms with Gasteiger partial charge in [-0.2, -0.15) is 0 Å². The molecule has 8 heteroatoms. The quantitative estimate of drug-likeness (QED) is 0.176. The van der Waals surface area contributed by atoms with Gasteiger partial charge in [-0.3, -0.25) is 10.1 Å². The Morgan fingerprint density at radius 2 is 1.20 bits per heavy atom. The summed E-state index contributed by atoms with van der Waals surface area (Å²) in [6.45, 7) is -0.169. The number of aliphatic hydroxyl groups is 1. The summed E-state index contributed by atoms with van der Waals surface area (Å²) in [5, 5.41) is 35.0. The predicted molar refractivity (Wildman–Crippen MR) is 169 cm³/mol. The molecule has 0 amide bonds. The van der Waals surface area contributed by atoms with Crippen molar-refractivity contribution in [1.82, 2.24) is 25.5 Å². The van der Waals surface area contributed by atoms with Gasteiger partial charge in [0.1, 0.15) is 11.6 Å². The number of carbonyl (C=O) groups is 1. The van der Waals surface area contributed by atoms with Gasteiger partial charge in [-0.25, -0.2) is 4.68 Å². The topological polar surface area (TPSA) is 113 Å². The van der Waals surface area contributed by atoms with E-state index in [1.165, 1.54) is 0 Å². The Kier molecular flexibility index (Phi) is 8.36. The summed E-state index contributed by atoms with van der Waals surface area (Å²) < 4.78 is 1.92. The number of aliphatic carboxylic acids is 1. The highest BCUT2D eigenvalue weighted by atomic mass is 16.4. The second kappa shape index (κ2) is 12.8. The smallest absolute Gasteiger partial charge is 0.323 e. The number of rotatable bonds is 11. The van der Waals surface area contributed by atoms with Crippen molar-refractivity contribution in [3.05, 3.63) is 162 Å². The molecule has 1 heterocycles. The Bertz CT molecular complexity index is 1730. The number of tetrazole rings is 1. The van der Waals surface area contributed by atoms with Crippen molar-refractivity contribution >= 4 is 5.97 Å². The molecule has 6 rings (SSSR count). The minimum Gasteiger partial charge on any atom is -0.480 e. The molecule has 0 saturated heterocycles. The normalized spacial score (nSPS) is 12.1. The largest absolute Gasteiger partial charge is 0.480 e. The lowest BCUT2D eigenvalue weighted by atomic mass is 9.77. The lowest BCUT2D eigenvalue weighted by molar-refractivity contribution is -0.140. The van der Waals surface area contributed by atoms with Crippen molar-refractivity contribution in [2.75, 3.05) is 6.61 Å². The molecule has 5 aromatic carbocycles. The summed E-state index contributed by atoms with van der Waals surface area (Å²) in [7, 11) is 0. The minimum atomic E-state index is -1.09. The lowest BCUT2D eigenvalue weighted by Gasteiger charge is -2.36. The first kappa shape index (κ1) is 28.7. The van der Waals surface area contributed by atoms with Crippen LogP contribution in [-0.2, 0) is 16.9 Å². The number of nitrogens with one attached hydrogen (secondary N) is 1. The van der Waals surface area contributed by atoms with Crippen LogP contribution in [0.3, 0.4) is 0 Å². The average Bonchev–Trinajstić information content (AvgIpc) is 3.57. The highest BCUT2D eigenvalue weighted by Crippen LogP contribution is 2.43. The van der Waals surface area contributed by atoms with Crippen molar-refractivity contribution < 1.29 is 15.0 Å². The molecule has 6 aromatic rings. The maximum atomic E-state index is 11.3. The van der Waals surface area contributed by atoms with Crippen LogP contribution in [0.25, 0.3) is 22.5 Å². The number of benzene rings is 5. The molecule has 1 atom stereocenters. The Balaban J connectivity index is 1.49. The van der Waals surface area contributed by atoms with E-state index in [1.807, 2.05) is 108 Å². The van der Waals surface area contributed by atoms with Gasteiger partial charge in [0.25, 0.3) is 0 Å². The average molecular weight is 582 g/mol. The Labute approximate surface area is 255 Å². The summed E-state index contributed by atoms with van der Waals surface area (Å²) in [6, 6.07) is 45.7. The van der Waals surface area contributed by atoms with E-state index in [0.29, 0.717) is 12.4 Å². The Morgan fingerprint density at radius 1 is 0.705 bits per heavy atom. The van der Waals surface area contributed by atoms with Gasteiger partial charge in [0.15, 0.2) is 5.82 Å². The molecule has 0 saturated carbocycles. The summed E-state index contributed by atoms with van der Waals surface area (Å²) in [5.41, 5.74) is 5.84. The highest BCUT2D eigenvalue weighted by molar-refractivity contribution is 5.81. The standard InChI is InChI=1S/C36H31N5O3/c42-25-33(35(43)44)37-24-26-20-22-27(23-21-26)31-18-10-11-19-32(31)34-38-39-40-41(34)36(28-12-4-1-5-13-28,29-14-6-2-7-15-29)30-16-8-3-9-17-30/h1-23,33,37,42H,24-25H2,(H,43,44)/t33-/m0/s1. The van der Waals surface area contributed by atoms with E-state index >= 15 is 0 Å². The van der Waals surface area contributed by atoms with Crippen LogP contribution in [-0.4, -0.2) is 49.0 Å². The van der Waals surface area contributed by atoms with Crippen LogP contribution < -0.4 is 5.32 Å². The van der Waals surface area contributed by atoms with E-state index in [2.05, 4.69) is 57.2 Å². The molecule has 0 spiro atoms. The monoisotopic (exact) mass is 581 g/mol. The van der Waals surface area contributed by atoms with Gasteiger partial charge in [0.05, 0.1) is 6.61 Å². The first-order valence-electron chi connectivity index (χ1n) is 14.3. The molecule has 0 unspecified atom stereocenters. The summed E-state index contributed by atoms with van der Waals surface area (Å²) >= 11 is 0. The fourth-order valence-electron chi connectivity index (χ4n) is 5.69. The summed E-state index contributed by atoms with van der Waals surface area (Å²) in [4.78, 5) is 11.3. The zero-order valence-corrected chi connectivity index (χ0v) is 23.9. The number of hydrogen-bond donors (Lipinski definition) is 3. The van der Waals surface area contributed by atoms with Crippen LogP contribution in [0.5, 0.6) is 0 Å². The molecule has 0 bridgehead atoms. The van der Waals surface area contributed by atoms with Gasteiger partial charge in [0.2, 0.25) is 0 Å². The van der Waals surface area contributed by atoms with E-state index in [0.717, 1.165) is 38.9 Å². The number of carboxylic acid groups (broad SMARTS) is 1. The lowest BCUT2D eigenvalue weighted by Crippen LogP contribution is -2.39. The van der Waals surface area contributed by atoms with Gasteiger partial charge < -0.3 is 10.2 Å². The summed E-state index contributed by atoms with van der Waals surface area (Å²) in [6.07, 6.45) is 0. The second-order valence-corrected chi connectivity index (χ2v) is 10.4. The fraction of sp³-hybridized carbons (Fsp3) is 0.111. The zero-order chi connectivity index (χ0) is 30.4. The van der Waals surface area contributed by atoms with E-state index < -0.39 is 24.2 Å². The Hall–Kier alpha value is -5.44. The van der Waals surface area contributed by atoms with Gasteiger partial charge in [-0.1, -0.05) is 140 Å². The number of hydrogen-bond acceptors (Lipinski definition) is 6. The van der Waals surface area contributed by atoms with E-state index in [1.54, 1.807) is 0 Å². The molecule has 0 radical (unpaired) electrons. The molecular formula is C36H31N5O3. The maximum absolute atomic E-state index is 11.3. The number of aromatic nitrogens is 4. The van der Waals surface area contributed by atoms with Crippen LogP contribution in [0.1, 0.15) is 22.3 Å². The van der Waals surface area contributed by atoms with Gasteiger partial charge in [0, 0.05) is 12.1 Å². The van der Waals surface area contributed by atoms with Crippen molar-refractivity contribution in [3.63, 3.8) is 0 Å². The first-order valence-corrected chi connectivity index (χ1v) is 14.3. The third-order valence-corrected chi connectivity index (χ3v) is 7.83. The summed E-state index contributed by atoms with van der Waals surface area (Å²) in [5.74, 6) is -0.483. The SMILES string of the molecule is O=C(O)[C@H](CO)NCc1ccc(-c2ccccc2-c2nnnn2C(c2ccccc2)(c2ccccc2)c2ccccc2)cc1. The Morgan fingerprint density at radius 3 is 1.70 bits per heavy atom. The van der Waals surface area contributed by atoms with Gasteiger partial charge in [-0.05, 0) is 43.8 Å². The number of aliphatic hydroxyl groups excluding tert-OH is 1. The molecule has 0 aliphatic heterocycles. The zero-order valence-electron chi connectivity index (χ0n) is 23.9. The van der Waals surface area contributed by atoms with Crippen molar-refractivity contribution in [3.8, 4) is 22.5 Å². The van der Waals surface area contributed by atoms with Crippen molar-refractivity contribution in [1.29, 1.82) is 0 Å².